The van der Waals surface area contributed by atoms with Crippen molar-refractivity contribution in [2.24, 2.45) is 0 Å². The van der Waals surface area contributed by atoms with Gasteiger partial charge in [0.15, 0.2) is 0 Å². The summed E-state index contributed by atoms with van der Waals surface area (Å²) in [4.78, 5) is 12.1. The van der Waals surface area contributed by atoms with Gasteiger partial charge in [-0.25, -0.2) is 4.68 Å². The maximum absolute atomic E-state index is 11.0. The molecule has 2 rings (SSSR count). The largest absolute Gasteiger partial charge is 0.530 e. The number of rotatable bonds is 6. The summed E-state index contributed by atoms with van der Waals surface area (Å²) in [7, 11) is 1.51. The topological polar surface area (TPSA) is 83.3 Å². The molecule has 0 aliphatic carbocycles. The summed E-state index contributed by atoms with van der Waals surface area (Å²) in [6, 6.07) is 9.54. The van der Waals surface area contributed by atoms with Crippen LogP contribution in [0.25, 0.3) is 11.3 Å². The van der Waals surface area contributed by atoms with Gasteiger partial charge < -0.3 is 19.5 Å². The quantitative estimate of drug-likeness (QED) is 0.751. The number of carboxylic acid groups (broad SMARTS) is 1. The summed E-state index contributed by atoms with van der Waals surface area (Å²) in [5.41, 5.74) is 1.62. The lowest BCUT2D eigenvalue weighted by Crippen LogP contribution is -2.43. The van der Waals surface area contributed by atoms with Crippen LogP contribution in [0.2, 0.25) is 0 Å². The first-order chi connectivity index (χ1) is 9.70. The van der Waals surface area contributed by atoms with Crippen molar-refractivity contribution in [1.82, 2.24) is 19.9 Å². The van der Waals surface area contributed by atoms with Crippen molar-refractivity contribution in [2.75, 3.05) is 20.3 Å². The number of hydrogen-bond acceptors (Lipinski definition) is 5. The van der Waals surface area contributed by atoms with Crippen LogP contribution in [0.15, 0.2) is 36.5 Å². The van der Waals surface area contributed by atoms with Gasteiger partial charge in [-0.05, 0) is 0 Å². The Morgan fingerprint density at radius 3 is 2.80 bits per heavy atom. The van der Waals surface area contributed by atoms with E-state index in [1.54, 1.807) is 6.20 Å². The van der Waals surface area contributed by atoms with Gasteiger partial charge in [0.2, 0.25) is 0 Å². The van der Waals surface area contributed by atoms with Crippen LogP contribution >= 0.6 is 0 Å². The van der Waals surface area contributed by atoms with Crippen LogP contribution in [0.3, 0.4) is 0 Å². The zero-order chi connectivity index (χ0) is 14.4. The fourth-order valence-corrected chi connectivity index (χ4v) is 1.70. The predicted octanol–water partition coefficient (Wildman–Crippen LogP) is 0.194. The normalized spacial score (nSPS) is 10.4. The second-order valence-corrected chi connectivity index (χ2v) is 4.17. The predicted molar refractivity (Wildman–Crippen MR) is 69.4 cm³/mol. The summed E-state index contributed by atoms with van der Waals surface area (Å²) >= 11 is 0. The van der Waals surface area contributed by atoms with Crippen LogP contribution in [-0.2, 0) is 11.4 Å². The van der Waals surface area contributed by atoms with E-state index in [1.807, 2.05) is 30.3 Å². The van der Waals surface area contributed by atoms with Crippen LogP contribution in [-0.4, -0.2) is 46.2 Å². The maximum atomic E-state index is 11.0. The molecule has 0 atom stereocenters. The minimum Gasteiger partial charge on any atom is -0.530 e. The Balaban J connectivity index is 2.06. The van der Waals surface area contributed by atoms with Crippen molar-refractivity contribution in [3.63, 3.8) is 0 Å². The van der Waals surface area contributed by atoms with E-state index in [4.69, 9.17) is 4.74 Å². The number of carbonyl (C=O) groups is 1. The third-order valence-corrected chi connectivity index (χ3v) is 2.75. The number of aromatic nitrogens is 3. The zero-order valence-electron chi connectivity index (χ0n) is 11.1. The highest BCUT2D eigenvalue weighted by molar-refractivity contribution is 5.62. The van der Waals surface area contributed by atoms with E-state index in [0.29, 0.717) is 12.3 Å². The van der Waals surface area contributed by atoms with Crippen LogP contribution in [0.1, 0.15) is 0 Å². The lowest BCUT2D eigenvalue weighted by atomic mass is 10.2. The van der Waals surface area contributed by atoms with Crippen molar-refractivity contribution in [3.8, 4) is 11.3 Å². The zero-order valence-corrected chi connectivity index (χ0v) is 11.1. The fourth-order valence-electron chi connectivity index (χ4n) is 1.70. The number of carbonyl (C=O) groups excluding carboxylic acids is 1. The molecule has 0 unspecified atom stereocenters. The molecule has 1 amide bonds. The molecular weight excluding hydrogens is 260 g/mol. The molecule has 0 aliphatic rings. The minimum atomic E-state index is -1.26. The van der Waals surface area contributed by atoms with Crippen LogP contribution < -0.4 is 5.11 Å². The smallest absolute Gasteiger partial charge is 0.138 e. The molecule has 2 aromatic rings. The monoisotopic (exact) mass is 275 g/mol. The summed E-state index contributed by atoms with van der Waals surface area (Å²) in [5, 5.41) is 18.9. The van der Waals surface area contributed by atoms with Gasteiger partial charge in [-0.2, -0.15) is 0 Å². The van der Waals surface area contributed by atoms with Crippen molar-refractivity contribution < 1.29 is 14.6 Å². The third-order valence-electron chi connectivity index (χ3n) is 2.75. The van der Waals surface area contributed by atoms with Gasteiger partial charge in [0.25, 0.3) is 0 Å². The van der Waals surface area contributed by atoms with Crippen molar-refractivity contribution in [1.29, 1.82) is 0 Å². The Morgan fingerprint density at radius 1 is 1.40 bits per heavy atom. The highest BCUT2D eigenvalue weighted by Gasteiger charge is 2.08. The lowest BCUT2D eigenvalue weighted by Gasteiger charge is -2.23. The second kappa shape index (κ2) is 6.67. The minimum absolute atomic E-state index is 0.0610. The third kappa shape index (κ3) is 3.55. The van der Waals surface area contributed by atoms with Gasteiger partial charge in [-0.1, -0.05) is 35.5 Å². The summed E-state index contributed by atoms with van der Waals surface area (Å²) < 4.78 is 6.31. The Hall–Kier alpha value is -2.41. The molecule has 0 saturated heterocycles. The first kappa shape index (κ1) is 14.0. The van der Waals surface area contributed by atoms with E-state index < -0.39 is 6.09 Å². The summed E-state index contributed by atoms with van der Waals surface area (Å²) in [6.07, 6.45) is 0.428. The fraction of sp³-hybridized carbons (Fsp3) is 0.308. The average molecular weight is 275 g/mol. The van der Waals surface area contributed by atoms with E-state index in [2.05, 4.69) is 10.3 Å². The molecule has 0 bridgehead atoms. The highest BCUT2D eigenvalue weighted by Crippen LogP contribution is 2.14. The van der Waals surface area contributed by atoms with E-state index in [-0.39, 0.29) is 13.2 Å². The highest BCUT2D eigenvalue weighted by atomic mass is 16.5. The van der Waals surface area contributed by atoms with Gasteiger partial charge in [0.05, 0.1) is 12.8 Å². The molecule has 7 heteroatoms. The van der Waals surface area contributed by atoms with Crippen LogP contribution in [0.4, 0.5) is 4.79 Å². The SMILES string of the molecule is COCCN(Cn1cc(-c2ccccc2)nn1)C(=O)[O-]. The standard InChI is InChI=1S/C13H16N4O3/c1-20-8-7-16(13(18)19)10-17-9-12(14-15-17)11-5-3-2-4-6-11/h2-6,9H,7-8,10H2,1H3,(H,18,19)/p-1. The van der Waals surface area contributed by atoms with Gasteiger partial charge in [0.1, 0.15) is 18.5 Å². The molecule has 106 valence electrons. The molecular formula is C13H15N4O3-. The van der Waals surface area contributed by atoms with Gasteiger partial charge >= 0.3 is 0 Å². The first-order valence-corrected chi connectivity index (χ1v) is 6.11. The number of hydrogen-bond donors (Lipinski definition) is 0. The van der Waals surface area contributed by atoms with Crippen molar-refractivity contribution >= 4 is 6.09 Å². The van der Waals surface area contributed by atoms with E-state index in [9.17, 15) is 9.90 Å². The Bertz CT molecular complexity index is 556. The molecule has 0 N–H and O–H groups in total. The second-order valence-electron chi connectivity index (χ2n) is 4.17. The molecule has 20 heavy (non-hydrogen) atoms. The molecule has 1 aromatic heterocycles. The molecule has 7 nitrogen and oxygen atoms in total. The molecule has 0 radical (unpaired) electrons. The first-order valence-electron chi connectivity index (χ1n) is 6.11. The Labute approximate surface area is 116 Å². The van der Waals surface area contributed by atoms with E-state index >= 15 is 0 Å². The molecule has 0 spiro atoms. The molecule has 0 fully saturated rings. The van der Waals surface area contributed by atoms with Gasteiger partial charge in [-0.3, -0.25) is 0 Å². The lowest BCUT2D eigenvalue weighted by molar-refractivity contribution is -0.268. The van der Waals surface area contributed by atoms with Crippen molar-refractivity contribution in [3.05, 3.63) is 36.5 Å². The maximum Gasteiger partial charge on any atom is 0.138 e. The van der Waals surface area contributed by atoms with E-state index in [1.165, 1.54) is 11.8 Å². The number of methoxy groups -OCH3 is 1. The Kier molecular flexibility index (Phi) is 4.67. The van der Waals surface area contributed by atoms with Crippen molar-refractivity contribution in [2.45, 2.75) is 6.67 Å². The number of amides is 1. The number of benzene rings is 1. The summed E-state index contributed by atoms with van der Waals surface area (Å²) in [6.45, 7) is 0.582. The van der Waals surface area contributed by atoms with Gasteiger partial charge in [0, 0.05) is 19.2 Å². The molecule has 0 saturated carbocycles. The Morgan fingerprint density at radius 2 is 2.15 bits per heavy atom. The molecule has 1 aromatic carbocycles. The van der Waals surface area contributed by atoms with E-state index in [0.717, 1.165) is 10.5 Å². The van der Waals surface area contributed by atoms with Crippen LogP contribution in [0, 0.1) is 0 Å². The average Bonchev–Trinajstić information content (AvgIpc) is 2.92. The van der Waals surface area contributed by atoms with Crippen LogP contribution in [0.5, 0.6) is 0 Å². The molecule has 1 heterocycles. The summed E-state index contributed by atoms with van der Waals surface area (Å²) in [5.74, 6) is 0. The number of ether oxygens (including phenoxy) is 1. The van der Waals surface area contributed by atoms with Gasteiger partial charge in [-0.15, -0.1) is 5.10 Å². The number of nitrogens with zero attached hydrogens (tertiary/aromatic N) is 4. The molecule has 0 aliphatic heterocycles.